The fourth-order valence-electron chi connectivity index (χ4n) is 5.44. The van der Waals surface area contributed by atoms with Gasteiger partial charge in [-0.2, -0.15) is 18.2 Å². The predicted molar refractivity (Wildman–Crippen MR) is 163 cm³/mol. The second-order valence-corrected chi connectivity index (χ2v) is 9.68. The number of pyridine rings is 3. The molecule has 7 rings (SSSR count). The summed E-state index contributed by atoms with van der Waals surface area (Å²) < 4.78 is 0. The fourth-order valence-corrected chi connectivity index (χ4v) is 5.44. The molecule has 0 spiro atoms. The Morgan fingerprint density at radius 1 is 0.721 bits per heavy atom. The topological polar surface area (TPSA) is 79.2 Å². The SMILES string of the molecule is CN1c2ccc[c-]c2[C@@](c2ccccn2)(c2cccc(-c3[c-]cccc3)n2)c2ccccc21.O=C(O)c1ccccn1.[Ir]. The third-order valence-corrected chi connectivity index (χ3v) is 7.29. The molecule has 7 heteroatoms. The number of benzene rings is 3. The molecule has 0 fully saturated rings. The molecule has 1 aliphatic heterocycles. The van der Waals surface area contributed by atoms with Gasteiger partial charge in [0.1, 0.15) is 5.69 Å². The maximum Gasteiger partial charge on any atom is 0.354 e. The molecule has 3 aromatic heterocycles. The van der Waals surface area contributed by atoms with E-state index in [1.54, 1.807) is 12.1 Å². The van der Waals surface area contributed by atoms with Gasteiger partial charge in [-0.15, -0.1) is 47.5 Å². The van der Waals surface area contributed by atoms with Crippen LogP contribution in [-0.4, -0.2) is 33.1 Å². The Bertz CT molecular complexity index is 1790. The smallest absolute Gasteiger partial charge is 0.354 e. The molecule has 1 atom stereocenters. The van der Waals surface area contributed by atoms with E-state index in [4.69, 9.17) is 15.1 Å². The van der Waals surface area contributed by atoms with Crippen LogP contribution in [0.1, 0.15) is 33.0 Å². The zero-order valence-electron chi connectivity index (χ0n) is 23.2. The number of rotatable bonds is 4. The first-order chi connectivity index (χ1) is 20.6. The summed E-state index contributed by atoms with van der Waals surface area (Å²) in [4.78, 5) is 26.1. The third kappa shape index (κ3) is 5.48. The molecule has 3 aromatic carbocycles. The molecule has 6 aromatic rings. The van der Waals surface area contributed by atoms with E-state index >= 15 is 0 Å². The standard InChI is InChI=1S/C30H21N3.C6H5NO2.Ir/c1-33-26-17-7-5-14-23(26)30(28-19-9-10-21-31-28,24-15-6-8-18-27(24)33)29-20-11-16-25(32-29)22-12-3-2-4-13-22;8-6(9)5-3-1-2-4-7-5;/h2-12,14,16-21H,1H3;1-4H,(H,8,9);/q-2;;/t30-;;/m0../s1. The molecule has 1 N–H and O–H groups in total. The molecule has 0 saturated carbocycles. The van der Waals surface area contributed by atoms with E-state index < -0.39 is 11.4 Å². The number of para-hydroxylation sites is 1. The number of anilines is 2. The van der Waals surface area contributed by atoms with Crippen molar-refractivity contribution in [1.82, 2.24) is 15.0 Å². The summed E-state index contributed by atoms with van der Waals surface area (Å²) in [6.07, 6.45) is 3.30. The van der Waals surface area contributed by atoms with Crippen LogP contribution in [0.2, 0.25) is 0 Å². The van der Waals surface area contributed by atoms with Gasteiger partial charge in [-0.25, -0.2) is 9.78 Å². The van der Waals surface area contributed by atoms with E-state index in [0.29, 0.717) is 0 Å². The Labute approximate surface area is 264 Å². The normalized spacial score (nSPS) is 14.7. The van der Waals surface area contributed by atoms with Gasteiger partial charge in [0.05, 0.1) is 11.1 Å². The van der Waals surface area contributed by atoms with Crippen LogP contribution in [0.4, 0.5) is 11.4 Å². The molecule has 0 unspecified atom stereocenters. The van der Waals surface area contributed by atoms with Crippen LogP contribution in [0.3, 0.4) is 0 Å². The Morgan fingerprint density at radius 2 is 1.42 bits per heavy atom. The van der Waals surface area contributed by atoms with E-state index in [-0.39, 0.29) is 25.8 Å². The molecule has 4 heterocycles. The Balaban J connectivity index is 0.000000318. The Morgan fingerprint density at radius 3 is 2.12 bits per heavy atom. The van der Waals surface area contributed by atoms with Crippen molar-refractivity contribution < 1.29 is 30.0 Å². The minimum absolute atomic E-state index is 0. The molecule has 43 heavy (non-hydrogen) atoms. The first kappa shape index (κ1) is 29.5. The van der Waals surface area contributed by atoms with Gasteiger partial charge in [-0.1, -0.05) is 48.2 Å². The molecule has 0 saturated heterocycles. The van der Waals surface area contributed by atoms with Crippen molar-refractivity contribution in [3.8, 4) is 11.3 Å². The van der Waals surface area contributed by atoms with Crippen LogP contribution in [-0.2, 0) is 25.5 Å². The number of aromatic nitrogens is 3. The van der Waals surface area contributed by atoms with E-state index in [9.17, 15) is 4.79 Å². The summed E-state index contributed by atoms with van der Waals surface area (Å²) >= 11 is 0. The van der Waals surface area contributed by atoms with E-state index in [2.05, 4.69) is 77.6 Å². The molecule has 1 aliphatic rings. The number of fused-ring (bicyclic) bond motifs is 2. The van der Waals surface area contributed by atoms with E-state index in [0.717, 1.165) is 45.1 Å². The van der Waals surface area contributed by atoms with Gasteiger partial charge >= 0.3 is 5.97 Å². The maximum atomic E-state index is 10.1. The third-order valence-electron chi connectivity index (χ3n) is 7.29. The van der Waals surface area contributed by atoms with Crippen molar-refractivity contribution in [2.75, 3.05) is 11.9 Å². The predicted octanol–water partition coefficient (Wildman–Crippen LogP) is 6.99. The van der Waals surface area contributed by atoms with Crippen molar-refractivity contribution in [2.45, 2.75) is 5.41 Å². The van der Waals surface area contributed by atoms with Gasteiger partial charge in [0, 0.05) is 43.9 Å². The van der Waals surface area contributed by atoms with Crippen LogP contribution in [0.5, 0.6) is 0 Å². The van der Waals surface area contributed by atoms with Crippen LogP contribution < -0.4 is 4.90 Å². The number of carboxylic acids is 1. The first-order valence-electron chi connectivity index (χ1n) is 13.5. The minimum atomic E-state index is -0.990. The maximum absolute atomic E-state index is 10.1. The molecule has 0 bridgehead atoms. The van der Waals surface area contributed by atoms with Gasteiger partial charge in [-0.05, 0) is 54.7 Å². The average molecular weight is 739 g/mol. The number of aromatic carboxylic acids is 1. The molecule has 1 radical (unpaired) electrons. The van der Waals surface area contributed by atoms with Gasteiger partial charge < -0.3 is 10.0 Å². The Kier molecular flexibility index (Phi) is 8.86. The monoisotopic (exact) mass is 739 g/mol. The molecule has 213 valence electrons. The number of carboxylic acid groups (broad SMARTS) is 1. The number of hydrogen-bond donors (Lipinski definition) is 1. The van der Waals surface area contributed by atoms with Crippen molar-refractivity contribution in [2.24, 2.45) is 0 Å². The molecule has 0 amide bonds. The quantitative estimate of drug-likeness (QED) is 0.197. The molecular formula is C36H26IrN4O2-2. The number of carbonyl (C=O) groups is 1. The van der Waals surface area contributed by atoms with Crippen molar-refractivity contribution in [1.29, 1.82) is 0 Å². The number of nitrogens with zero attached hydrogens (tertiary/aromatic N) is 4. The van der Waals surface area contributed by atoms with Crippen LogP contribution in [0.15, 0.2) is 134 Å². The van der Waals surface area contributed by atoms with Crippen LogP contribution >= 0.6 is 0 Å². The summed E-state index contributed by atoms with van der Waals surface area (Å²) in [7, 11) is 2.11. The second kappa shape index (κ2) is 12.9. The minimum Gasteiger partial charge on any atom is -0.477 e. The van der Waals surface area contributed by atoms with Crippen molar-refractivity contribution >= 4 is 17.3 Å². The zero-order valence-corrected chi connectivity index (χ0v) is 25.6. The van der Waals surface area contributed by atoms with Crippen LogP contribution in [0, 0.1) is 12.1 Å². The Hall–Kier alpha value is -4.97. The molecule has 6 nitrogen and oxygen atoms in total. The summed E-state index contributed by atoms with van der Waals surface area (Å²) in [5.74, 6) is -0.990. The van der Waals surface area contributed by atoms with Crippen LogP contribution in [0.25, 0.3) is 11.3 Å². The fraction of sp³-hybridized carbons (Fsp3) is 0.0556. The second-order valence-electron chi connectivity index (χ2n) is 9.68. The zero-order chi connectivity index (χ0) is 28.9. The summed E-state index contributed by atoms with van der Waals surface area (Å²) in [6.45, 7) is 0. The van der Waals surface area contributed by atoms with E-state index in [1.165, 1.54) is 12.3 Å². The van der Waals surface area contributed by atoms with Gasteiger partial charge in [0.25, 0.3) is 0 Å². The molecule has 0 aliphatic carbocycles. The van der Waals surface area contributed by atoms with Gasteiger partial charge in [0.15, 0.2) is 0 Å². The summed E-state index contributed by atoms with van der Waals surface area (Å²) in [5, 5.41) is 8.32. The summed E-state index contributed by atoms with van der Waals surface area (Å²) in [6, 6.07) is 46.6. The van der Waals surface area contributed by atoms with Crippen molar-refractivity contribution in [3.63, 3.8) is 0 Å². The number of hydrogen-bond acceptors (Lipinski definition) is 5. The summed E-state index contributed by atoms with van der Waals surface area (Å²) in [5.41, 5.74) is 7.49. The van der Waals surface area contributed by atoms with Gasteiger partial charge in [0.2, 0.25) is 0 Å². The largest absolute Gasteiger partial charge is 0.477 e. The molecular weight excluding hydrogens is 713 g/mol. The van der Waals surface area contributed by atoms with Gasteiger partial charge in [-0.3, -0.25) is 9.97 Å². The van der Waals surface area contributed by atoms with Crippen molar-refractivity contribution in [3.05, 3.63) is 174 Å². The first-order valence-corrected chi connectivity index (χ1v) is 13.5. The van der Waals surface area contributed by atoms with E-state index in [1.807, 2.05) is 60.8 Å². The average Bonchev–Trinajstić information content (AvgIpc) is 3.07.